The average molecular weight is 218 g/mol. The zero-order valence-corrected chi connectivity index (χ0v) is 9.29. The summed E-state index contributed by atoms with van der Waals surface area (Å²) in [5.74, 6) is 2.96. The van der Waals surface area contributed by atoms with Crippen molar-refractivity contribution >= 4 is 0 Å². The van der Waals surface area contributed by atoms with E-state index >= 15 is 0 Å². The van der Waals surface area contributed by atoms with Gasteiger partial charge in [-0.2, -0.15) is 0 Å². The lowest BCUT2D eigenvalue weighted by Crippen LogP contribution is -2.12. The van der Waals surface area contributed by atoms with Crippen LogP contribution >= 0.6 is 0 Å². The van der Waals surface area contributed by atoms with Crippen LogP contribution in [0.4, 0.5) is 0 Å². The molecule has 3 heteroatoms. The lowest BCUT2D eigenvalue weighted by molar-refractivity contribution is 0.309. The Morgan fingerprint density at radius 3 is 3.12 bits per heavy atom. The summed E-state index contributed by atoms with van der Waals surface area (Å²) in [6.07, 6.45) is 3.95. The summed E-state index contributed by atoms with van der Waals surface area (Å²) in [4.78, 5) is 0. The van der Waals surface area contributed by atoms with Gasteiger partial charge in [-0.1, -0.05) is 6.92 Å². The first-order chi connectivity index (χ1) is 7.86. The fourth-order valence-electron chi connectivity index (χ4n) is 2.58. The van der Waals surface area contributed by atoms with Crippen LogP contribution in [-0.4, -0.2) is 18.8 Å². The molecule has 0 amide bonds. The Balaban J connectivity index is 1.75. The molecule has 0 bridgehead atoms. The van der Waals surface area contributed by atoms with Gasteiger partial charge in [0.1, 0.15) is 0 Å². The van der Waals surface area contributed by atoms with Crippen molar-refractivity contribution in [1.82, 2.24) is 0 Å². The standard InChI is InChI=1S/C13H14O3/c1-2-3-14-12-8-6-10-9(15-10)4-7(8)5-11-13(12)16-11/h5,9-10H,2-4,6H2,1H3. The van der Waals surface area contributed by atoms with Crippen LogP contribution in [0, 0.1) is 0 Å². The first-order valence-corrected chi connectivity index (χ1v) is 6.01. The molecule has 1 aromatic carbocycles. The highest BCUT2D eigenvalue weighted by molar-refractivity contribution is 5.69. The third-order valence-corrected chi connectivity index (χ3v) is 3.53. The van der Waals surface area contributed by atoms with E-state index in [4.69, 9.17) is 14.2 Å². The molecule has 1 fully saturated rings. The second-order valence-corrected chi connectivity index (χ2v) is 4.74. The second-order valence-electron chi connectivity index (χ2n) is 4.74. The number of epoxide rings is 1. The van der Waals surface area contributed by atoms with Gasteiger partial charge in [-0.3, -0.25) is 0 Å². The normalized spacial score (nSPS) is 27.3. The molecule has 0 spiro atoms. The minimum atomic E-state index is 0.438. The molecule has 16 heavy (non-hydrogen) atoms. The number of benzene rings is 1. The number of ether oxygens (including phenoxy) is 3. The summed E-state index contributed by atoms with van der Waals surface area (Å²) >= 11 is 0. The van der Waals surface area contributed by atoms with Crippen LogP contribution in [0.2, 0.25) is 0 Å². The topological polar surface area (TPSA) is 34.3 Å². The molecule has 84 valence electrons. The van der Waals surface area contributed by atoms with Crippen molar-refractivity contribution in [2.45, 2.75) is 38.4 Å². The molecule has 1 aromatic rings. The van der Waals surface area contributed by atoms with E-state index in [1.165, 1.54) is 11.1 Å². The maximum Gasteiger partial charge on any atom is 0.212 e. The van der Waals surface area contributed by atoms with Gasteiger partial charge in [-0.25, -0.2) is 0 Å². The predicted octanol–water partition coefficient (Wildman–Crippen LogP) is 2.45. The second kappa shape index (κ2) is 2.92. The van der Waals surface area contributed by atoms with E-state index in [9.17, 15) is 0 Å². The quantitative estimate of drug-likeness (QED) is 0.742. The molecular formula is C13H14O3. The molecule has 0 radical (unpaired) electrons. The lowest BCUT2D eigenvalue weighted by Gasteiger charge is -2.14. The molecule has 2 unspecified atom stereocenters. The summed E-state index contributed by atoms with van der Waals surface area (Å²) in [6, 6.07) is 2.15. The molecule has 0 saturated carbocycles. The summed E-state index contributed by atoms with van der Waals surface area (Å²) < 4.78 is 16.9. The Bertz CT molecular complexity index is 467. The van der Waals surface area contributed by atoms with E-state index in [1.807, 2.05) is 0 Å². The minimum absolute atomic E-state index is 0.438. The molecule has 0 aromatic heterocycles. The van der Waals surface area contributed by atoms with Crippen molar-refractivity contribution in [3.63, 3.8) is 0 Å². The van der Waals surface area contributed by atoms with E-state index in [0.717, 1.165) is 43.1 Å². The molecule has 0 N–H and O–H groups in total. The van der Waals surface area contributed by atoms with Crippen LogP contribution in [-0.2, 0) is 17.6 Å². The van der Waals surface area contributed by atoms with Crippen LogP contribution in [0.3, 0.4) is 0 Å². The van der Waals surface area contributed by atoms with Crippen molar-refractivity contribution in [1.29, 1.82) is 0 Å². The Morgan fingerprint density at radius 1 is 1.38 bits per heavy atom. The molecule has 1 aliphatic carbocycles. The summed E-state index contributed by atoms with van der Waals surface area (Å²) in [7, 11) is 0. The van der Waals surface area contributed by atoms with Crippen molar-refractivity contribution in [3.05, 3.63) is 17.2 Å². The lowest BCUT2D eigenvalue weighted by atomic mass is 9.91. The number of hydrogen-bond donors (Lipinski definition) is 0. The summed E-state index contributed by atoms with van der Waals surface area (Å²) in [6.45, 7) is 2.88. The van der Waals surface area contributed by atoms with E-state index in [-0.39, 0.29) is 0 Å². The molecule has 2 aliphatic heterocycles. The van der Waals surface area contributed by atoms with Crippen LogP contribution in [0.15, 0.2) is 6.07 Å². The van der Waals surface area contributed by atoms with E-state index in [1.54, 1.807) is 0 Å². The smallest absolute Gasteiger partial charge is 0.212 e. The highest BCUT2D eigenvalue weighted by Gasteiger charge is 2.46. The van der Waals surface area contributed by atoms with E-state index < -0.39 is 0 Å². The monoisotopic (exact) mass is 218 g/mol. The van der Waals surface area contributed by atoms with Crippen molar-refractivity contribution in [3.8, 4) is 17.2 Å². The van der Waals surface area contributed by atoms with E-state index in [0.29, 0.717) is 12.2 Å². The van der Waals surface area contributed by atoms with Crippen LogP contribution in [0.1, 0.15) is 24.5 Å². The fourth-order valence-corrected chi connectivity index (χ4v) is 2.58. The van der Waals surface area contributed by atoms with Gasteiger partial charge in [-0.15, -0.1) is 0 Å². The van der Waals surface area contributed by atoms with E-state index in [2.05, 4.69) is 13.0 Å². The van der Waals surface area contributed by atoms with Gasteiger partial charge in [-0.05, 0) is 18.1 Å². The van der Waals surface area contributed by atoms with Gasteiger partial charge in [0.15, 0.2) is 11.5 Å². The molecule has 2 heterocycles. The average Bonchev–Trinajstić information content (AvgIpc) is 3.14. The third kappa shape index (κ3) is 1.18. The highest BCUT2D eigenvalue weighted by Crippen LogP contribution is 2.57. The van der Waals surface area contributed by atoms with Gasteiger partial charge in [0, 0.05) is 18.4 Å². The van der Waals surface area contributed by atoms with Gasteiger partial charge in [0.05, 0.1) is 18.8 Å². The van der Waals surface area contributed by atoms with Crippen molar-refractivity contribution in [2.24, 2.45) is 0 Å². The third-order valence-electron chi connectivity index (χ3n) is 3.53. The largest absolute Gasteiger partial charge is 0.489 e. The Labute approximate surface area is 94.3 Å². The predicted molar refractivity (Wildman–Crippen MR) is 58.4 cm³/mol. The van der Waals surface area contributed by atoms with Crippen LogP contribution in [0.25, 0.3) is 0 Å². The Kier molecular flexibility index (Phi) is 1.62. The zero-order valence-electron chi connectivity index (χ0n) is 9.29. The maximum atomic E-state index is 5.82. The number of hydrogen-bond acceptors (Lipinski definition) is 3. The van der Waals surface area contributed by atoms with Gasteiger partial charge >= 0.3 is 0 Å². The fraction of sp³-hybridized carbons (Fsp3) is 0.538. The number of fused-ring (bicyclic) bond motifs is 3. The molecule has 3 nitrogen and oxygen atoms in total. The summed E-state index contributed by atoms with van der Waals surface area (Å²) in [5, 5.41) is 0. The molecule has 4 rings (SSSR count). The molecule has 3 aliphatic rings. The first kappa shape index (κ1) is 8.88. The maximum absolute atomic E-state index is 5.82. The van der Waals surface area contributed by atoms with Gasteiger partial charge < -0.3 is 14.2 Å². The zero-order chi connectivity index (χ0) is 10.7. The molecular weight excluding hydrogens is 204 g/mol. The van der Waals surface area contributed by atoms with Crippen LogP contribution in [0.5, 0.6) is 17.2 Å². The highest BCUT2D eigenvalue weighted by atomic mass is 16.6. The van der Waals surface area contributed by atoms with Crippen molar-refractivity contribution in [2.75, 3.05) is 6.61 Å². The summed E-state index contributed by atoms with van der Waals surface area (Å²) in [5.41, 5.74) is 2.68. The number of rotatable bonds is 3. The molecule has 1 saturated heterocycles. The Hall–Kier alpha value is -1.22. The van der Waals surface area contributed by atoms with Crippen molar-refractivity contribution < 1.29 is 14.2 Å². The molecule has 2 atom stereocenters. The first-order valence-electron chi connectivity index (χ1n) is 6.01. The minimum Gasteiger partial charge on any atom is -0.489 e. The Morgan fingerprint density at radius 2 is 2.25 bits per heavy atom. The van der Waals surface area contributed by atoms with Crippen LogP contribution < -0.4 is 9.47 Å². The SMILES string of the molecule is CCCOc1c2c(cc3c1O3)CC1OC1C2. The van der Waals surface area contributed by atoms with Gasteiger partial charge in [0.2, 0.25) is 5.75 Å². The van der Waals surface area contributed by atoms with Gasteiger partial charge in [0.25, 0.3) is 0 Å².